The molecule has 0 saturated carbocycles. The summed E-state index contributed by atoms with van der Waals surface area (Å²) in [5.74, 6) is 1.64. The number of amides is 1. The fourth-order valence-electron chi connectivity index (χ4n) is 3.42. The highest BCUT2D eigenvalue weighted by atomic mass is 35.5. The molecule has 0 radical (unpaired) electrons. The molecule has 2 atom stereocenters. The molecule has 27 heavy (non-hydrogen) atoms. The first-order chi connectivity index (χ1) is 12.3. The Bertz CT molecular complexity index is 767. The molecule has 2 unspecified atom stereocenters. The Labute approximate surface area is 166 Å². The van der Waals surface area contributed by atoms with Crippen molar-refractivity contribution in [3.05, 3.63) is 35.7 Å². The summed E-state index contributed by atoms with van der Waals surface area (Å²) < 4.78 is 5.34. The molecule has 0 aliphatic carbocycles. The van der Waals surface area contributed by atoms with Crippen molar-refractivity contribution in [1.82, 2.24) is 15.0 Å². The summed E-state index contributed by atoms with van der Waals surface area (Å²) in [7, 11) is 0. The third kappa shape index (κ3) is 5.08. The van der Waals surface area contributed by atoms with Crippen molar-refractivity contribution in [3.63, 3.8) is 0 Å². The highest BCUT2D eigenvalue weighted by Crippen LogP contribution is 2.26. The van der Waals surface area contributed by atoms with E-state index in [1.807, 2.05) is 29.2 Å². The van der Waals surface area contributed by atoms with Crippen LogP contribution in [0.15, 0.2) is 28.8 Å². The molecular formula is C20H29ClN4O2. The Balaban J connectivity index is 0.00000261. The molecule has 0 bridgehead atoms. The van der Waals surface area contributed by atoms with Crippen LogP contribution in [0.2, 0.25) is 0 Å². The van der Waals surface area contributed by atoms with Crippen molar-refractivity contribution in [1.29, 1.82) is 0 Å². The van der Waals surface area contributed by atoms with Crippen molar-refractivity contribution in [3.8, 4) is 11.4 Å². The Kier molecular flexibility index (Phi) is 6.65. The van der Waals surface area contributed by atoms with Crippen LogP contribution >= 0.6 is 12.4 Å². The summed E-state index contributed by atoms with van der Waals surface area (Å²) in [6.45, 7) is 9.84. The molecular weight excluding hydrogens is 364 g/mol. The van der Waals surface area contributed by atoms with Gasteiger partial charge in [0.15, 0.2) is 0 Å². The molecule has 2 N–H and O–H groups in total. The number of halogens is 1. The van der Waals surface area contributed by atoms with E-state index in [-0.39, 0.29) is 29.8 Å². The van der Waals surface area contributed by atoms with Crippen LogP contribution in [0, 0.1) is 11.3 Å². The minimum absolute atomic E-state index is 0. The van der Waals surface area contributed by atoms with Gasteiger partial charge in [-0.05, 0) is 43.4 Å². The number of nitrogens with zero attached hydrogens (tertiary/aromatic N) is 3. The van der Waals surface area contributed by atoms with Gasteiger partial charge >= 0.3 is 0 Å². The molecule has 1 saturated heterocycles. The fourth-order valence-corrected chi connectivity index (χ4v) is 3.42. The van der Waals surface area contributed by atoms with Crippen LogP contribution in [-0.2, 0) is 6.42 Å². The molecule has 2 aromatic rings. The van der Waals surface area contributed by atoms with Crippen LogP contribution < -0.4 is 5.73 Å². The number of rotatable bonds is 4. The molecule has 1 amide bonds. The lowest BCUT2D eigenvalue weighted by molar-refractivity contribution is 0.0743. The monoisotopic (exact) mass is 392 g/mol. The summed E-state index contributed by atoms with van der Waals surface area (Å²) in [6.07, 6.45) is 1.70. The van der Waals surface area contributed by atoms with E-state index in [9.17, 15) is 4.79 Å². The van der Waals surface area contributed by atoms with E-state index in [1.165, 1.54) is 0 Å². The minimum atomic E-state index is 0. The largest absolute Gasteiger partial charge is 0.339 e. The normalized spacial score (nSPS) is 19.8. The fraction of sp³-hybridized carbons (Fsp3) is 0.550. The van der Waals surface area contributed by atoms with Crippen molar-refractivity contribution >= 4 is 18.3 Å². The highest BCUT2D eigenvalue weighted by molar-refractivity contribution is 5.95. The van der Waals surface area contributed by atoms with Gasteiger partial charge in [0.1, 0.15) is 0 Å². The molecule has 1 aromatic heterocycles. The Morgan fingerprint density at radius 1 is 1.30 bits per heavy atom. The summed E-state index contributed by atoms with van der Waals surface area (Å²) in [4.78, 5) is 19.1. The van der Waals surface area contributed by atoms with Crippen LogP contribution in [0.25, 0.3) is 11.4 Å². The average molecular weight is 393 g/mol. The molecule has 7 heteroatoms. The van der Waals surface area contributed by atoms with Crippen LogP contribution in [0.3, 0.4) is 0 Å². The van der Waals surface area contributed by atoms with Crippen LogP contribution in [0.1, 0.15) is 50.4 Å². The van der Waals surface area contributed by atoms with E-state index < -0.39 is 0 Å². The standard InChI is InChI=1S/C20H28N4O2.ClH/c1-13-9-14(11-21)12-24(13)19(25)16-7-5-15(6-8-16)18-22-17(26-23-18)10-20(2,3)4;/h5-8,13-14H,9-12,21H2,1-4H3;1H. The second-order valence-corrected chi connectivity index (χ2v) is 8.47. The number of carbonyl (C=O) groups is 1. The molecule has 6 nitrogen and oxygen atoms in total. The molecule has 1 aliphatic heterocycles. The maximum atomic E-state index is 12.8. The molecule has 1 aliphatic rings. The minimum Gasteiger partial charge on any atom is -0.339 e. The number of hydrogen-bond acceptors (Lipinski definition) is 5. The molecule has 2 heterocycles. The van der Waals surface area contributed by atoms with Gasteiger partial charge in [-0.3, -0.25) is 4.79 Å². The van der Waals surface area contributed by atoms with E-state index >= 15 is 0 Å². The summed E-state index contributed by atoms with van der Waals surface area (Å²) in [5.41, 5.74) is 7.38. The van der Waals surface area contributed by atoms with Gasteiger partial charge in [0.2, 0.25) is 11.7 Å². The number of nitrogens with two attached hydrogens (primary N) is 1. The number of aromatic nitrogens is 2. The molecule has 1 aromatic carbocycles. The number of hydrogen-bond donors (Lipinski definition) is 1. The smallest absolute Gasteiger partial charge is 0.254 e. The maximum absolute atomic E-state index is 12.8. The Morgan fingerprint density at radius 3 is 2.52 bits per heavy atom. The van der Waals surface area contributed by atoms with Gasteiger partial charge in [-0.1, -0.05) is 38.1 Å². The second kappa shape index (κ2) is 8.40. The third-order valence-corrected chi connectivity index (χ3v) is 4.80. The van der Waals surface area contributed by atoms with E-state index in [1.54, 1.807) is 0 Å². The van der Waals surface area contributed by atoms with Gasteiger partial charge in [0, 0.05) is 30.1 Å². The van der Waals surface area contributed by atoms with Crippen molar-refractivity contribution in [2.75, 3.05) is 13.1 Å². The predicted molar refractivity (Wildman–Crippen MR) is 108 cm³/mol. The zero-order valence-electron chi connectivity index (χ0n) is 16.4. The quantitative estimate of drug-likeness (QED) is 0.859. The second-order valence-electron chi connectivity index (χ2n) is 8.47. The van der Waals surface area contributed by atoms with E-state index in [2.05, 4.69) is 37.8 Å². The van der Waals surface area contributed by atoms with Gasteiger partial charge in [-0.25, -0.2) is 0 Å². The lowest BCUT2D eigenvalue weighted by Gasteiger charge is -2.21. The highest BCUT2D eigenvalue weighted by Gasteiger charge is 2.32. The first-order valence-electron chi connectivity index (χ1n) is 9.21. The van der Waals surface area contributed by atoms with Gasteiger partial charge in [-0.2, -0.15) is 4.98 Å². The zero-order valence-corrected chi connectivity index (χ0v) is 17.3. The van der Waals surface area contributed by atoms with Crippen molar-refractivity contribution < 1.29 is 9.32 Å². The van der Waals surface area contributed by atoms with E-state index in [0.29, 0.717) is 29.7 Å². The number of benzene rings is 1. The summed E-state index contributed by atoms with van der Waals surface area (Å²) in [5, 5.41) is 4.06. The number of likely N-dealkylation sites (tertiary alicyclic amines) is 1. The lowest BCUT2D eigenvalue weighted by Crippen LogP contribution is -2.34. The van der Waals surface area contributed by atoms with Crippen LogP contribution in [0.5, 0.6) is 0 Å². The summed E-state index contributed by atoms with van der Waals surface area (Å²) >= 11 is 0. The third-order valence-electron chi connectivity index (χ3n) is 4.80. The first-order valence-corrected chi connectivity index (χ1v) is 9.21. The lowest BCUT2D eigenvalue weighted by atomic mass is 9.92. The van der Waals surface area contributed by atoms with E-state index in [0.717, 1.165) is 24.9 Å². The number of carbonyl (C=O) groups excluding carboxylic acids is 1. The van der Waals surface area contributed by atoms with Gasteiger partial charge < -0.3 is 15.2 Å². The average Bonchev–Trinajstić information content (AvgIpc) is 3.19. The Morgan fingerprint density at radius 2 is 1.96 bits per heavy atom. The van der Waals surface area contributed by atoms with Crippen LogP contribution in [0.4, 0.5) is 0 Å². The van der Waals surface area contributed by atoms with Crippen molar-refractivity contribution in [2.24, 2.45) is 17.1 Å². The van der Waals surface area contributed by atoms with Crippen molar-refractivity contribution in [2.45, 2.75) is 46.6 Å². The maximum Gasteiger partial charge on any atom is 0.254 e. The first kappa shape index (κ1) is 21.4. The molecule has 3 rings (SSSR count). The Hall–Kier alpha value is -1.92. The summed E-state index contributed by atoms with van der Waals surface area (Å²) in [6, 6.07) is 7.65. The topological polar surface area (TPSA) is 85.2 Å². The molecule has 148 valence electrons. The van der Waals surface area contributed by atoms with Crippen LogP contribution in [-0.4, -0.2) is 40.1 Å². The molecule has 0 spiro atoms. The van der Waals surface area contributed by atoms with E-state index in [4.69, 9.17) is 10.3 Å². The zero-order chi connectivity index (χ0) is 18.9. The van der Waals surface area contributed by atoms with Gasteiger partial charge in [0.05, 0.1) is 0 Å². The molecule has 1 fully saturated rings. The van der Waals surface area contributed by atoms with Gasteiger partial charge in [-0.15, -0.1) is 12.4 Å². The predicted octanol–water partition coefficient (Wildman–Crippen LogP) is 3.56. The van der Waals surface area contributed by atoms with Gasteiger partial charge in [0.25, 0.3) is 5.91 Å². The SMILES string of the molecule is CC1CC(CN)CN1C(=O)c1ccc(-c2noc(CC(C)(C)C)n2)cc1.Cl.